The minimum Gasteiger partial charge on any atom is -0.308 e. The Balaban J connectivity index is 1.83. The van der Waals surface area contributed by atoms with Crippen LogP contribution in [0.25, 0.3) is 11.2 Å². The van der Waals surface area contributed by atoms with E-state index in [-0.39, 0.29) is 0 Å². The van der Waals surface area contributed by atoms with E-state index in [4.69, 9.17) is 16.6 Å². The lowest BCUT2D eigenvalue weighted by atomic mass is 9.84. The second kappa shape index (κ2) is 5.52. The van der Waals surface area contributed by atoms with E-state index < -0.39 is 0 Å². The van der Waals surface area contributed by atoms with Crippen LogP contribution in [0.1, 0.15) is 24.7 Å². The topological polar surface area (TPSA) is 34.0 Å². The molecule has 2 aromatic rings. The summed E-state index contributed by atoms with van der Waals surface area (Å²) < 4.78 is 3.35. The number of pyridine rings is 1. The molecule has 3 aliphatic rings. The first-order valence-corrected chi connectivity index (χ1v) is 8.89. The number of fused-ring (bicyclic) bond motifs is 4. The van der Waals surface area contributed by atoms with Crippen LogP contribution in [-0.4, -0.2) is 44.9 Å². The van der Waals surface area contributed by atoms with Gasteiger partial charge in [0.2, 0.25) is 0 Å². The van der Waals surface area contributed by atoms with Crippen molar-refractivity contribution in [2.75, 3.05) is 25.5 Å². The van der Waals surface area contributed by atoms with E-state index in [1.165, 1.54) is 25.9 Å². The van der Waals surface area contributed by atoms with Crippen LogP contribution in [0, 0.1) is 5.92 Å². The van der Waals surface area contributed by atoms with Crippen LogP contribution in [0.2, 0.25) is 0 Å². The molecule has 5 rings (SSSR count). The molecule has 1 atom stereocenters. The molecule has 0 N–H and O–H groups in total. The zero-order chi connectivity index (χ0) is 14.4. The fraction of sp³-hybridized carbons (Fsp3) is 0.600. The van der Waals surface area contributed by atoms with Crippen LogP contribution < -0.4 is 0 Å². The molecule has 0 saturated carbocycles. The first-order valence-electron chi connectivity index (χ1n) is 7.57. The van der Waals surface area contributed by atoms with Crippen molar-refractivity contribution in [1.82, 2.24) is 19.4 Å². The highest BCUT2D eigenvalue weighted by Gasteiger charge is 2.37. The van der Waals surface area contributed by atoms with E-state index in [0.29, 0.717) is 11.9 Å². The molecule has 2 aromatic heterocycles. The maximum Gasteiger partial charge on any atom is 0.160 e. The maximum absolute atomic E-state index is 5.99. The van der Waals surface area contributed by atoms with E-state index in [2.05, 4.69) is 36.4 Å². The number of halogens is 2. The monoisotopic (exact) mass is 368 g/mol. The molecule has 0 aliphatic carbocycles. The Kier molecular flexibility index (Phi) is 3.67. The molecule has 112 valence electrons. The molecule has 0 aromatic carbocycles. The van der Waals surface area contributed by atoms with Gasteiger partial charge in [-0.1, -0.05) is 0 Å². The third-order valence-corrected chi connectivity index (χ3v) is 5.46. The fourth-order valence-electron chi connectivity index (χ4n) is 3.84. The molecule has 0 amide bonds. The van der Waals surface area contributed by atoms with Crippen LogP contribution in [0.4, 0.5) is 0 Å². The molecule has 0 radical (unpaired) electrons. The van der Waals surface area contributed by atoms with E-state index in [1.807, 2.05) is 6.20 Å². The van der Waals surface area contributed by atoms with Gasteiger partial charge in [0.15, 0.2) is 5.65 Å². The average Bonchev–Trinajstić information content (AvgIpc) is 2.85. The highest BCUT2D eigenvalue weighted by atomic mass is 79.9. The Morgan fingerprint density at radius 1 is 1.33 bits per heavy atom. The van der Waals surface area contributed by atoms with Gasteiger partial charge in [0.1, 0.15) is 11.3 Å². The average molecular weight is 370 g/mol. The Morgan fingerprint density at radius 3 is 2.81 bits per heavy atom. The van der Waals surface area contributed by atoms with Crippen molar-refractivity contribution in [2.45, 2.75) is 25.3 Å². The first-order chi connectivity index (χ1) is 10.3. The number of hydrogen-bond donors (Lipinski definition) is 0. The van der Waals surface area contributed by atoms with Crippen LogP contribution in [0.3, 0.4) is 0 Å². The van der Waals surface area contributed by atoms with Crippen LogP contribution >= 0.6 is 27.5 Å². The van der Waals surface area contributed by atoms with Crippen molar-refractivity contribution < 1.29 is 0 Å². The van der Waals surface area contributed by atoms with E-state index in [0.717, 1.165) is 40.3 Å². The number of nitrogens with zero attached hydrogens (tertiary/aromatic N) is 4. The number of alkyl halides is 1. The number of hydrogen-bond acceptors (Lipinski definition) is 3. The highest BCUT2D eigenvalue weighted by Crippen LogP contribution is 2.38. The van der Waals surface area contributed by atoms with Gasteiger partial charge in [0, 0.05) is 29.5 Å². The lowest BCUT2D eigenvalue weighted by molar-refractivity contribution is 0.0574. The van der Waals surface area contributed by atoms with Crippen molar-refractivity contribution in [1.29, 1.82) is 0 Å². The van der Waals surface area contributed by atoms with Gasteiger partial charge < -0.3 is 9.47 Å². The minimum absolute atomic E-state index is 0.504. The van der Waals surface area contributed by atoms with Gasteiger partial charge in [0.05, 0.1) is 6.04 Å². The van der Waals surface area contributed by atoms with Gasteiger partial charge in [-0.05, 0) is 53.8 Å². The van der Waals surface area contributed by atoms with Gasteiger partial charge in [-0.2, -0.15) is 0 Å². The van der Waals surface area contributed by atoms with Gasteiger partial charge in [-0.15, -0.1) is 11.6 Å². The van der Waals surface area contributed by atoms with Gasteiger partial charge in [0.25, 0.3) is 0 Å². The summed E-state index contributed by atoms with van der Waals surface area (Å²) in [4.78, 5) is 12.0. The maximum atomic E-state index is 5.99. The molecule has 3 aliphatic heterocycles. The van der Waals surface area contributed by atoms with E-state index >= 15 is 0 Å². The van der Waals surface area contributed by atoms with Crippen molar-refractivity contribution in [3.05, 3.63) is 22.6 Å². The SMILES string of the molecule is ClCCc1nc2cc(Br)cnc2n1C1CN2CCC1CC2. The summed E-state index contributed by atoms with van der Waals surface area (Å²) in [6.07, 6.45) is 5.26. The number of aromatic nitrogens is 3. The summed E-state index contributed by atoms with van der Waals surface area (Å²) in [5.41, 5.74) is 1.98. The molecule has 5 heterocycles. The molecule has 0 spiro atoms. The highest BCUT2D eigenvalue weighted by molar-refractivity contribution is 9.10. The molecule has 1 unspecified atom stereocenters. The standard InChI is InChI=1S/C15H18BrClN4/c16-11-7-12-15(18-8-11)21(14(19-12)1-4-17)13-9-20-5-2-10(13)3-6-20/h7-8,10,13H,1-6,9H2. The van der Waals surface area contributed by atoms with Crippen molar-refractivity contribution in [3.63, 3.8) is 0 Å². The molecule has 2 bridgehead atoms. The zero-order valence-corrected chi connectivity index (χ0v) is 14.1. The second-order valence-corrected chi connectivity index (χ2v) is 7.33. The molecule has 21 heavy (non-hydrogen) atoms. The zero-order valence-electron chi connectivity index (χ0n) is 11.8. The van der Waals surface area contributed by atoms with Crippen molar-refractivity contribution in [3.8, 4) is 0 Å². The summed E-state index contributed by atoms with van der Waals surface area (Å²) >= 11 is 9.48. The van der Waals surface area contributed by atoms with Gasteiger partial charge in [-0.3, -0.25) is 0 Å². The third-order valence-electron chi connectivity index (χ3n) is 4.84. The number of piperidine rings is 3. The molecule has 4 nitrogen and oxygen atoms in total. The molecular formula is C15H18BrClN4. The van der Waals surface area contributed by atoms with Crippen LogP contribution in [-0.2, 0) is 6.42 Å². The quantitative estimate of drug-likeness (QED) is 0.779. The van der Waals surface area contributed by atoms with Gasteiger partial charge in [-0.25, -0.2) is 9.97 Å². The van der Waals surface area contributed by atoms with Crippen LogP contribution in [0.5, 0.6) is 0 Å². The first kappa shape index (κ1) is 14.0. The Labute approximate surface area is 137 Å². The molecular weight excluding hydrogens is 352 g/mol. The molecule has 3 saturated heterocycles. The Morgan fingerprint density at radius 2 is 2.14 bits per heavy atom. The largest absolute Gasteiger partial charge is 0.308 e. The summed E-state index contributed by atoms with van der Waals surface area (Å²) in [5, 5.41) is 0. The lowest BCUT2D eigenvalue weighted by Gasteiger charge is -2.45. The summed E-state index contributed by atoms with van der Waals surface area (Å²) in [7, 11) is 0. The lowest BCUT2D eigenvalue weighted by Crippen LogP contribution is -2.48. The normalized spacial score (nSPS) is 28.4. The molecule has 6 heteroatoms. The number of rotatable bonds is 3. The summed E-state index contributed by atoms with van der Waals surface area (Å²) in [5.74, 6) is 2.45. The minimum atomic E-state index is 0.504. The van der Waals surface area contributed by atoms with E-state index in [9.17, 15) is 0 Å². The third kappa shape index (κ3) is 2.39. The van der Waals surface area contributed by atoms with Crippen molar-refractivity contribution >= 4 is 38.7 Å². The number of aryl methyl sites for hydroxylation is 1. The molecule has 3 fully saturated rings. The predicted molar refractivity (Wildman–Crippen MR) is 87.9 cm³/mol. The van der Waals surface area contributed by atoms with E-state index in [1.54, 1.807) is 0 Å². The smallest absolute Gasteiger partial charge is 0.160 e. The fourth-order valence-corrected chi connectivity index (χ4v) is 4.33. The van der Waals surface area contributed by atoms with Crippen molar-refractivity contribution in [2.24, 2.45) is 5.92 Å². The Bertz CT molecular complexity index is 663. The predicted octanol–water partition coefficient (Wildman–Crippen LogP) is 3.24. The van der Waals surface area contributed by atoms with Gasteiger partial charge >= 0.3 is 0 Å². The number of imidazole rings is 1. The second-order valence-electron chi connectivity index (χ2n) is 6.04. The van der Waals surface area contributed by atoms with Crippen LogP contribution in [0.15, 0.2) is 16.7 Å². The Hall–Kier alpha value is -0.650. The summed E-state index contributed by atoms with van der Waals surface area (Å²) in [6, 6.07) is 2.56. The summed E-state index contributed by atoms with van der Waals surface area (Å²) in [6.45, 7) is 3.62.